The van der Waals surface area contributed by atoms with Crippen LogP contribution >= 0.6 is 0 Å². The Kier molecular flexibility index (Phi) is 4.13. The minimum Gasteiger partial charge on any atom is -0.258 e. The number of hydrogen-bond acceptors (Lipinski definition) is 4. The minimum atomic E-state index is -3.86. The Balaban J connectivity index is 2.25. The number of nitro groups is 1. The third-order valence-corrected chi connectivity index (χ3v) is 4.01. The first-order chi connectivity index (χ1) is 9.88. The van der Waals surface area contributed by atoms with Gasteiger partial charge < -0.3 is 0 Å². The molecule has 0 aliphatic carbocycles. The topological polar surface area (TPSA) is 89.6 Å². The molecule has 0 saturated heterocycles. The van der Waals surface area contributed by atoms with Gasteiger partial charge in [-0.05, 0) is 24.6 Å². The summed E-state index contributed by atoms with van der Waals surface area (Å²) in [7, 11) is -3.86. The quantitative estimate of drug-likeness (QED) is 0.493. The van der Waals surface area contributed by atoms with Crippen molar-refractivity contribution in [3.05, 3.63) is 69.8 Å². The second-order valence-corrected chi connectivity index (χ2v) is 6.00. The molecule has 7 heteroatoms. The standard InChI is InChI=1S/C14H12N2O4S/c1-11-2-4-12(5-3-11)10-15-21(19,20)14-8-6-13(7-9-14)16(17)18/h2-10H,1H3/b15-10+. The molecule has 0 atom stereocenters. The molecule has 0 heterocycles. The maximum atomic E-state index is 12.0. The van der Waals surface area contributed by atoms with Gasteiger partial charge in [-0.2, -0.15) is 12.8 Å². The monoisotopic (exact) mass is 304 g/mol. The first-order valence-electron chi connectivity index (χ1n) is 6.00. The van der Waals surface area contributed by atoms with Gasteiger partial charge in [0, 0.05) is 18.3 Å². The average molecular weight is 304 g/mol. The second kappa shape index (κ2) is 5.84. The number of aryl methyl sites for hydroxylation is 1. The minimum absolute atomic E-state index is 0.0866. The maximum Gasteiger partial charge on any atom is 0.282 e. The molecule has 2 aromatic carbocycles. The van der Waals surface area contributed by atoms with Gasteiger partial charge in [0.2, 0.25) is 0 Å². The van der Waals surface area contributed by atoms with Gasteiger partial charge in [-0.15, -0.1) is 0 Å². The van der Waals surface area contributed by atoms with Crippen LogP contribution in [0.25, 0.3) is 0 Å². The third kappa shape index (κ3) is 3.73. The maximum absolute atomic E-state index is 12.0. The van der Waals surface area contributed by atoms with E-state index in [-0.39, 0.29) is 10.6 Å². The predicted molar refractivity (Wildman–Crippen MR) is 79.1 cm³/mol. The Morgan fingerprint density at radius 3 is 2.14 bits per heavy atom. The van der Waals surface area contributed by atoms with Crippen LogP contribution in [0.1, 0.15) is 11.1 Å². The van der Waals surface area contributed by atoms with Gasteiger partial charge in [0.25, 0.3) is 15.7 Å². The number of hydrogen-bond donors (Lipinski definition) is 0. The summed E-state index contributed by atoms with van der Waals surface area (Å²) < 4.78 is 27.5. The lowest BCUT2D eigenvalue weighted by Crippen LogP contribution is -1.98. The number of nitrogens with zero attached hydrogens (tertiary/aromatic N) is 2. The summed E-state index contributed by atoms with van der Waals surface area (Å²) >= 11 is 0. The van der Waals surface area contributed by atoms with Crippen LogP contribution in [0.2, 0.25) is 0 Å². The molecule has 0 saturated carbocycles. The molecule has 0 bridgehead atoms. The molecule has 0 aromatic heterocycles. The van der Waals surface area contributed by atoms with Crippen molar-refractivity contribution in [2.24, 2.45) is 4.40 Å². The van der Waals surface area contributed by atoms with E-state index >= 15 is 0 Å². The Morgan fingerprint density at radius 1 is 1.05 bits per heavy atom. The molecule has 0 spiro atoms. The lowest BCUT2D eigenvalue weighted by Gasteiger charge is -1.99. The van der Waals surface area contributed by atoms with Crippen LogP contribution in [0.15, 0.2) is 57.8 Å². The lowest BCUT2D eigenvalue weighted by molar-refractivity contribution is -0.384. The summed E-state index contributed by atoms with van der Waals surface area (Å²) in [4.78, 5) is 9.85. The summed E-state index contributed by atoms with van der Waals surface area (Å²) in [6.07, 6.45) is 1.25. The van der Waals surface area contributed by atoms with E-state index in [1.807, 2.05) is 19.1 Å². The first kappa shape index (κ1) is 14.9. The van der Waals surface area contributed by atoms with E-state index in [4.69, 9.17) is 0 Å². The first-order valence-corrected chi connectivity index (χ1v) is 7.44. The number of non-ortho nitro benzene ring substituents is 1. The fraction of sp³-hybridized carbons (Fsp3) is 0.0714. The van der Waals surface area contributed by atoms with E-state index in [2.05, 4.69) is 4.40 Å². The molecule has 21 heavy (non-hydrogen) atoms. The second-order valence-electron chi connectivity index (χ2n) is 4.37. The largest absolute Gasteiger partial charge is 0.282 e. The molecule has 0 aliphatic heterocycles. The molecule has 0 fully saturated rings. The number of sulfonamides is 1. The van der Waals surface area contributed by atoms with Crippen molar-refractivity contribution in [3.63, 3.8) is 0 Å². The summed E-state index contributed by atoms with van der Waals surface area (Å²) in [6.45, 7) is 1.93. The van der Waals surface area contributed by atoms with E-state index < -0.39 is 14.9 Å². The highest BCUT2D eigenvalue weighted by Gasteiger charge is 2.13. The van der Waals surface area contributed by atoms with Crippen LogP contribution in [-0.4, -0.2) is 19.6 Å². The van der Waals surface area contributed by atoms with Gasteiger partial charge in [-0.1, -0.05) is 29.8 Å². The molecule has 2 aromatic rings. The fourth-order valence-electron chi connectivity index (χ4n) is 1.58. The van der Waals surface area contributed by atoms with Gasteiger partial charge in [0.1, 0.15) is 0 Å². The molecule has 2 rings (SSSR count). The van der Waals surface area contributed by atoms with Crippen LogP contribution < -0.4 is 0 Å². The van der Waals surface area contributed by atoms with Crippen molar-refractivity contribution in [2.45, 2.75) is 11.8 Å². The van der Waals surface area contributed by atoms with Gasteiger partial charge in [0.15, 0.2) is 0 Å². The summed E-state index contributed by atoms with van der Waals surface area (Å²) in [5.41, 5.74) is 1.55. The Bertz CT molecular complexity index is 779. The van der Waals surface area contributed by atoms with Crippen LogP contribution in [0, 0.1) is 17.0 Å². The van der Waals surface area contributed by atoms with Gasteiger partial charge in [-0.3, -0.25) is 10.1 Å². The molecule has 108 valence electrons. The zero-order valence-electron chi connectivity index (χ0n) is 11.1. The van der Waals surface area contributed by atoms with Gasteiger partial charge >= 0.3 is 0 Å². The van der Waals surface area contributed by atoms with Crippen molar-refractivity contribution in [2.75, 3.05) is 0 Å². The smallest absolute Gasteiger partial charge is 0.258 e. The Hall–Kier alpha value is -2.54. The average Bonchev–Trinajstić information content (AvgIpc) is 2.47. The van der Waals surface area contributed by atoms with Gasteiger partial charge in [-0.25, -0.2) is 0 Å². The molecular weight excluding hydrogens is 292 g/mol. The highest BCUT2D eigenvalue weighted by molar-refractivity contribution is 7.90. The van der Waals surface area contributed by atoms with E-state index in [0.29, 0.717) is 5.56 Å². The fourth-order valence-corrected chi connectivity index (χ4v) is 2.45. The molecular formula is C14H12N2O4S. The van der Waals surface area contributed by atoms with Crippen molar-refractivity contribution in [1.29, 1.82) is 0 Å². The molecule has 0 radical (unpaired) electrons. The van der Waals surface area contributed by atoms with E-state index in [9.17, 15) is 18.5 Å². The third-order valence-electron chi connectivity index (χ3n) is 2.76. The van der Waals surface area contributed by atoms with Crippen molar-refractivity contribution < 1.29 is 13.3 Å². The lowest BCUT2D eigenvalue weighted by atomic mass is 10.2. The normalized spacial score (nSPS) is 11.7. The highest BCUT2D eigenvalue weighted by Crippen LogP contribution is 2.17. The van der Waals surface area contributed by atoms with E-state index in [1.165, 1.54) is 18.3 Å². The SMILES string of the molecule is Cc1ccc(/C=N/S(=O)(=O)c2ccc([N+](=O)[O-])cc2)cc1. The van der Waals surface area contributed by atoms with Crippen LogP contribution in [0.4, 0.5) is 5.69 Å². The number of nitro benzene ring substituents is 1. The highest BCUT2D eigenvalue weighted by atomic mass is 32.2. The number of benzene rings is 2. The number of rotatable bonds is 4. The Labute approximate surface area is 122 Å². The molecule has 6 nitrogen and oxygen atoms in total. The van der Waals surface area contributed by atoms with E-state index in [1.54, 1.807) is 12.1 Å². The predicted octanol–water partition coefficient (Wildman–Crippen LogP) is 2.71. The summed E-state index contributed by atoms with van der Waals surface area (Å²) in [6, 6.07) is 11.8. The van der Waals surface area contributed by atoms with Crippen LogP contribution in [0.3, 0.4) is 0 Å². The zero-order chi connectivity index (χ0) is 15.5. The molecule has 0 N–H and O–H groups in total. The van der Waals surface area contributed by atoms with Crippen molar-refractivity contribution in [3.8, 4) is 0 Å². The molecule has 0 amide bonds. The van der Waals surface area contributed by atoms with E-state index in [0.717, 1.165) is 17.7 Å². The van der Waals surface area contributed by atoms with Crippen LogP contribution in [-0.2, 0) is 10.0 Å². The Morgan fingerprint density at radius 2 is 1.62 bits per heavy atom. The zero-order valence-corrected chi connectivity index (χ0v) is 11.9. The molecule has 0 unspecified atom stereocenters. The molecule has 0 aliphatic rings. The summed E-state index contributed by atoms with van der Waals surface area (Å²) in [5.74, 6) is 0. The van der Waals surface area contributed by atoms with Crippen molar-refractivity contribution >= 4 is 21.9 Å². The van der Waals surface area contributed by atoms with Crippen molar-refractivity contribution in [1.82, 2.24) is 0 Å². The van der Waals surface area contributed by atoms with Crippen LogP contribution in [0.5, 0.6) is 0 Å². The van der Waals surface area contributed by atoms with Gasteiger partial charge in [0.05, 0.1) is 9.82 Å². The summed E-state index contributed by atoms with van der Waals surface area (Å²) in [5, 5.41) is 10.5.